The van der Waals surface area contributed by atoms with E-state index in [0.717, 1.165) is 5.56 Å². The molecule has 8 heteroatoms. The molecule has 0 aliphatic heterocycles. The standard InChI is InChI=1S/C22H19FN4O3/c1-13-8-9-17(30-12-14-6-4-3-5-7-14)19(23)18(13)21(28)25-15-10-16-20(24-11-15)26-27-22(16)29-2/h3-11H,12H2,1-2H3,(H,25,28)(H,24,26,27). The Labute approximate surface area is 171 Å². The molecule has 2 aromatic heterocycles. The molecule has 0 spiro atoms. The lowest BCUT2D eigenvalue weighted by Gasteiger charge is -2.13. The molecular weight excluding hydrogens is 387 g/mol. The van der Waals surface area contributed by atoms with Crippen molar-refractivity contribution in [2.24, 2.45) is 0 Å². The average molecular weight is 406 g/mol. The summed E-state index contributed by atoms with van der Waals surface area (Å²) >= 11 is 0. The van der Waals surface area contributed by atoms with Crippen molar-refractivity contribution in [3.8, 4) is 11.6 Å². The van der Waals surface area contributed by atoms with Crippen LogP contribution < -0.4 is 14.8 Å². The number of rotatable bonds is 6. The number of carbonyl (C=O) groups is 1. The van der Waals surface area contributed by atoms with Gasteiger partial charge in [-0.2, -0.15) is 0 Å². The zero-order valence-corrected chi connectivity index (χ0v) is 16.4. The molecule has 0 saturated carbocycles. The lowest BCUT2D eigenvalue weighted by atomic mass is 10.1. The van der Waals surface area contributed by atoms with Crippen LogP contribution in [0.4, 0.5) is 10.1 Å². The van der Waals surface area contributed by atoms with Crippen LogP contribution in [-0.4, -0.2) is 28.2 Å². The minimum atomic E-state index is -0.710. The third-order valence-electron chi connectivity index (χ3n) is 4.61. The van der Waals surface area contributed by atoms with Gasteiger partial charge in [0.25, 0.3) is 5.91 Å². The molecule has 2 N–H and O–H groups in total. The van der Waals surface area contributed by atoms with Gasteiger partial charge in [-0.25, -0.2) is 9.37 Å². The van der Waals surface area contributed by atoms with Crippen LogP contribution in [0.2, 0.25) is 0 Å². The number of aromatic amines is 1. The zero-order chi connectivity index (χ0) is 21.1. The van der Waals surface area contributed by atoms with E-state index in [2.05, 4.69) is 20.5 Å². The van der Waals surface area contributed by atoms with Crippen molar-refractivity contribution in [2.45, 2.75) is 13.5 Å². The topological polar surface area (TPSA) is 89.1 Å². The second kappa shape index (κ2) is 8.20. The number of anilines is 1. The lowest BCUT2D eigenvalue weighted by molar-refractivity contribution is 0.102. The molecule has 30 heavy (non-hydrogen) atoms. The first-order valence-corrected chi connectivity index (χ1v) is 9.22. The molecule has 0 radical (unpaired) electrons. The van der Waals surface area contributed by atoms with Gasteiger partial charge in [0.05, 0.1) is 29.9 Å². The van der Waals surface area contributed by atoms with E-state index in [1.165, 1.54) is 19.4 Å². The maximum atomic E-state index is 15.1. The number of aryl methyl sites for hydroxylation is 1. The number of aromatic nitrogens is 3. The van der Waals surface area contributed by atoms with Crippen molar-refractivity contribution in [1.29, 1.82) is 0 Å². The number of fused-ring (bicyclic) bond motifs is 1. The van der Waals surface area contributed by atoms with Gasteiger partial charge in [-0.05, 0) is 30.2 Å². The Hall–Kier alpha value is -3.94. The third kappa shape index (κ3) is 3.80. The second-order valence-corrected chi connectivity index (χ2v) is 6.65. The average Bonchev–Trinajstić information content (AvgIpc) is 3.16. The van der Waals surface area contributed by atoms with E-state index in [0.29, 0.717) is 28.2 Å². The number of ether oxygens (including phenoxy) is 2. The van der Waals surface area contributed by atoms with Crippen molar-refractivity contribution in [2.75, 3.05) is 12.4 Å². The first-order valence-electron chi connectivity index (χ1n) is 9.22. The van der Waals surface area contributed by atoms with E-state index in [-0.39, 0.29) is 17.9 Å². The van der Waals surface area contributed by atoms with E-state index < -0.39 is 11.7 Å². The molecule has 152 valence electrons. The van der Waals surface area contributed by atoms with E-state index in [4.69, 9.17) is 9.47 Å². The van der Waals surface area contributed by atoms with Crippen molar-refractivity contribution >= 4 is 22.6 Å². The van der Waals surface area contributed by atoms with Gasteiger partial charge in [-0.3, -0.25) is 9.89 Å². The summed E-state index contributed by atoms with van der Waals surface area (Å²) in [6.07, 6.45) is 1.46. The highest BCUT2D eigenvalue weighted by molar-refractivity contribution is 6.06. The van der Waals surface area contributed by atoms with Crippen molar-refractivity contribution in [3.63, 3.8) is 0 Å². The number of amides is 1. The second-order valence-electron chi connectivity index (χ2n) is 6.65. The Morgan fingerprint density at radius 3 is 2.77 bits per heavy atom. The molecule has 0 atom stereocenters. The molecule has 0 saturated heterocycles. The smallest absolute Gasteiger partial charge is 0.259 e. The summed E-state index contributed by atoms with van der Waals surface area (Å²) in [4.78, 5) is 17.0. The van der Waals surface area contributed by atoms with Crippen molar-refractivity contribution in [3.05, 3.63) is 77.2 Å². The van der Waals surface area contributed by atoms with Crippen LogP contribution in [0.5, 0.6) is 11.6 Å². The lowest BCUT2D eigenvalue weighted by Crippen LogP contribution is -2.16. The summed E-state index contributed by atoms with van der Waals surface area (Å²) in [6, 6.07) is 14.2. The van der Waals surface area contributed by atoms with Gasteiger partial charge in [0, 0.05) is 0 Å². The van der Waals surface area contributed by atoms with Crippen molar-refractivity contribution < 1.29 is 18.7 Å². The fourth-order valence-electron chi connectivity index (χ4n) is 3.08. The van der Waals surface area contributed by atoms with E-state index in [1.807, 2.05) is 30.3 Å². The Kier molecular flexibility index (Phi) is 5.30. The molecule has 0 aliphatic rings. The maximum absolute atomic E-state index is 15.1. The summed E-state index contributed by atoms with van der Waals surface area (Å²) in [7, 11) is 1.49. The normalized spacial score (nSPS) is 10.8. The number of hydrogen-bond donors (Lipinski definition) is 2. The third-order valence-corrected chi connectivity index (χ3v) is 4.61. The molecule has 7 nitrogen and oxygen atoms in total. The van der Waals surface area contributed by atoms with Crippen LogP contribution in [0.1, 0.15) is 21.5 Å². The summed E-state index contributed by atoms with van der Waals surface area (Å²) in [5.41, 5.74) is 2.22. The van der Waals surface area contributed by atoms with Gasteiger partial charge in [0.15, 0.2) is 17.2 Å². The predicted octanol–water partition coefficient (Wildman–Crippen LogP) is 4.25. The summed E-state index contributed by atoms with van der Waals surface area (Å²) in [6.45, 7) is 1.86. The summed E-state index contributed by atoms with van der Waals surface area (Å²) in [5.74, 6) is -0.941. The molecule has 2 aromatic carbocycles. The van der Waals surface area contributed by atoms with Crippen LogP contribution in [0, 0.1) is 12.7 Å². The number of nitrogens with one attached hydrogen (secondary N) is 2. The van der Waals surface area contributed by atoms with Crippen molar-refractivity contribution in [1.82, 2.24) is 15.2 Å². The molecule has 0 aliphatic carbocycles. The molecule has 0 bridgehead atoms. The number of hydrogen-bond acceptors (Lipinski definition) is 5. The maximum Gasteiger partial charge on any atom is 0.259 e. The number of methoxy groups -OCH3 is 1. The van der Waals surface area contributed by atoms with E-state index >= 15 is 4.39 Å². The van der Waals surface area contributed by atoms with Gasteiger partial charge >= 0.3 is 0 Å². The molecule has 0 unspecified atom stereocenters. The predicted molar refractivity (Wildman–Crippen MR) is 110 cm³/mol. The van der Waals surface area contributed by atoms with Gasteiger partial charge in [-0.1, -0.05) is 36.4 Å². The number of nitrogens with zero attached hydrogens (tertiary/aromatic N) is 2. The SMILES string of the molecule is COc1n[nH]c2ncc(NC(=O)c3c(C)ccc(OCc4ccccc4)c3F)cc12. The molecule has 2 heterocycles. The van der Waals surface area contributed by atoms with Gasteiger partial charge in [0.1, 0.15) is 6.61 Å². The largest absolute Gasteiger partial charge is 0.486 e. The summed E-state index contributed by atoms with van der Waals surface area (Å²) < 4.78 is 25.8. The number of pyridine rings is 1. The molecule has 1 amide bonds. The Balaban J connectivity index is 1.57. The minimum absolute atomic E-state index is 0.0136. The first kappa shape index (κ1) is 19.4. The van der Waals surface area contributed by atoms with Gasteiger partial charge in [0.2, 0.25) is 5.88 Å². The molecule has 0 fully saturated rings. The van der Waals surface area contributed by atoms with E-state index in [9.17, 15) is 4.79 Å². The minimum Gasteiger partial charge on any atom is -0.486 e. The highest BCUT2D eigenvalue weighted by atomic mass is 19.1. The van der Waals surface area contributed by atoms with Crippen LogP contribution >= 0.6 is 0 Å². The van der Waals surface area contributed by atoms with Gasteiger partial charge in [-0.15, -0.1) is 5.10 Å². The fourth-order valence-corrected chi connectivity index (χ4v) is 3.08. The molecule has 4 rings (SSSR count). The van der Waals surface area contributed by atoms with Crippen LogP contribution in [0.15, 0.2) is 54.7 Å². The Bertz CT molecular complexity index is 1210. The highest BCUT2D eigenvalue weighted by Crippen LogP contribution is 2.27. The highest BCUT2D eigenvalue weighted by Gasteiger charge is 2.20. The van der Waals surface area contributed by atoms with Crippen LogP contribution in [0.25, 0.3) is 11.0 Å². The fraction of sp³-hybridized carbons (Fsp3) is 0.136. The monoisotopic (exact) mass is 406 g/mol. The quantitative estimate of drug-likeness (QED) is 0.500. The zero-order valence-electron chi connectivity index (χ0n) is 16.4. The Morgan fingerprint density at radius 2 is 2.00 bits per heavy atom. The van der Waals surface area contributed by atoms with Crippen LogP contribution in [0.3, 0.4) is 0 Å². The van der Waals surface area contributed by atoms with E-state index in [1.54, 1.807) is 19.1 Å². The number of carbonyl (C=O) groups excluding carboxylic acids is 1. The summed E-state index contributed by atoms with van der Waals surface area (Å²) in [5, 5.41) is 9.99. The number of benzene rings is 2. The molecular formula is C22H19FN4O3. The number of H-pyrrole nitrogens is 1. The van der Waals surface area contributed by atoms with Gasteiger partial charge < -0.3 is 14.8 Å². The van der Waals surface area contributed by atoms with Crippen LogP contribution in [-0.2, 0) is 6.61 Å². The first-order chi connectivity index (χ1) is 14.6. The number of halogens is 1. The molecule has 4 aromatic rings. The Morgan fingerprint density at radius 1 is 1.20 bits per heavy atom.